The Morgan fingerprint density at radius 3 is 2.75 bits per heavy atom. The van der Waals surface area contributed by atoms with Gasteiger partial charge in [-0.25, -0.2) is 0 Å². The zero-order chi connectivity index (χ0) is 20.1. The highest BCUT2D eigenvalue weighted by Gasteiger charge is 2.26. The molecular formula is C20H29N3O5. The molecule has 1 aromatic carbocycles. The molecule has 8 heteroatoms. The fourth-order valence-corrected chi connectivity index (χ4v) is 2.91. The molecule has 2 N–H and O–H groups in total. The van der Waals surface area contributed by atoms with E-state index in [0.717, 1.165) is 12.0 Å². The molecule has 2 aromatic rings. The van der Waals surface area contributed by atoms with Crippen LogP contribution in [0.2, 0.25) is 0 Å². The number of hydrogen-bond acceptors (Lipinski definition) is 8. The molecule has 3 rings (SSSR count). The Labute approximate surface area is 165 Å². The maximum absolute atomic E-state index is 10.1. The molecule has 28 heavy (non-hydrogen) atoms. The van der Waals surface area contributed by atoms with Crippen LogP contribution in [0.15, 0.2) is 22.7 Å². The Morgan fingerprint density at radius 2 is 2.00 bits per heavy atom. The summed E-state index contributed by atoms with van der Waals surface area (Å²) in [5.74, 6) is 2.63. The van der Waals surface area contributed by atoms with Crippen molar-refractivity contribution >= 4 is 0 Å². The van der Waals surface area contributed by atoms with Gasteiger partial charge in [0.25, 0.3) is 0 Å². The lowest BCUT2D eigenvalue weighted by Crippen LogP contribution is -2.36. The van der Waals surface area contributed by atoms with E-state index in [4.69, 9.17) is 18.7 Å². The standard InChI is InChI=1S/C20H29N3O5/c1-5-13(4)18(21-9-15(24)10-25-12(2)3)20-22-19(23-28-20)14-6-7-16-17(8-14)27-11-26-16/h6-8,12-13,15,18,21,24H,5,9-11H2,1-4H3/t13-,15+,18+/m0/s1. The summed E-state index contributed by atoms with van der Waals surface area (Å²) >= 11 is 0. The molecule has 0 spiro atoms. The highest BCUT2D eigenvalue weighted by Crippen LogP contribution is 2.35. The molecule has 2 heterocycles. The SMILES string of the molecule is CC[C@H](C)[C@@H](NC[C@@H](O)COC(C)C)c1nc(-c2ccc3c(c2)OCO3)no1. The lowest BCUT2D eigenvalue weighted by Gasteiger charge is -2.22. The summed E-state index contributed by atoms with van der Waals surface area (Å²) in [7, 11) is 0. The third kappa shape index (κ3) is 5.01. The van der Waals surface area contributed by atoms with Crippen molar-refractivity contribution in [2.45, 2.75) is 52.4 Å². The largest absolute Gasteiger partial charge is 0.454 e. The molecule has 0 amide bonds. The van der Waals surface area contributed by atoms with Crippen LogP contribution in [0, 0.1) is 5.92 Å². The highest BCUT2D eigenvalue weighted by atomic mass is 16.7. The molecule has 0 radical (unpaired) electrons. The fraction of sp³-hybridized carbons (Fsp3) is 0.600. The first-order chi connectivity index (χ1) is 13.5. The van der Waals surface area contributed by atoms with E-state index >= 15 is 0 Å². The predicted octanol–water partition coefficient (Wildman–Crippen LogP) is 2.93. The van der Waals surface area contributed by atoms with Crippen molar-refractivity contribution in [3.05, 3.63) is 24.1 Å². The maximum Gasteiger partial charge on any atom is 0.244 e. The lowest BCUT2D eigenvalue weighted by atomic mass is 9.99. The van der Waals surface area contributed by atoms with Crippen LogP contribution in [0.5, 0.6) is 11.5 Å². The van der Waals surface area contributed by atoms with Crippen molar-refractivity contribution in [1.82, 2.24) is 15.5 Å². The fourth-order valence-electron chi connectivity index (χ4n) is 2.91. The summed E-state index contributed by atoms with van der Waals surface area (Å²) in [5.41, 5.74) is 0.799. The summed E-state index contributed by atoms with van der Waals surface area (Å²) in [4.78, 5) is 4.58. The van der Waals surface area contributed by atoms with Crippen LogP contribution < -0.4 is 14.8 Å². The van der Waals surface area contributed by atoms with Gasteiger partial charge < -0.3 is 29.2 Å². The van der Waals surface area contributed by atoms with Crippen molar-refractivity contribution in [3.8, 4) is 22.9 Å². The van der Waals surface area contributed by atoms with E-state index in [0.29, 0.717) is 29.8 Å². The number of hydrogen-bond donors (Lipinski definition) is 2. The Kier molecular flexibility index (Phi) is 6.88. The molecule has 1 aliphatic rings. The Bertz CT molecular complexity index is 764. The van der Waals surface area contributed by atoms with Gasteiger partial charge in [0, 0.05) is 12.1 Å². The van der Waals surface area contributed by atoms with Crippen molar-refractivity contribution in [2.24, 2.45) is 5.92 Å². The molecule has 0 bridgehead atoms. The Hall–Kier alpha value is -2.16. The number of aliphatic hydroxyl groups excluding tert-OH is 1. The van der Waals surface area contributed by atoms with Crippen LogP contribution in [-0.2, 0) is 4.74 Å². The van der Waals surface area contributed by atoms with Gasteiger partial charge in [0.1, 0.15) is 0 Å². The van der Waals surface area contributed by atoms with Gasteiger partial charge in [-0.15, -0.1) is 0 Å². The van der Waals surface area contributed by atoms with Crippen molar-refractivity contribution in [2.75, 3.05) is 19.9 Å². The average molecular weight is 391 g/mol. The Balaban J connectivity index is 1.69. The monoisotopic (exact) mass is 391 g/mol. The van der Waals surface area contributed by atoms with Gasteiger partial charge in [-0.3, -0.25) is 0 Å². The Morgan fingerprint density at radius 1 is 1.21 bits per heavy atom. The summed E-state index contributed by atoms with van der Waals surface area (Å²) < 4.78 is 21.8. The highest BCUT2D eigenvalue weighted by molar-refractivity contribution is 5.61. The molecule has 0 fully saturated rings. The van der Waals surface area contributed by atoms with E-state index in [2.05, 4.69) is 29.3 Å². The predicted molar refractivity (Wildman–Crippen MR) is 103 cm³/mol. The van der Waals surface area contributed by atoms with Crippen molar-refractivity contribution in [3.63, 3.8) is 0 Å². The summed E-state index contributed by atoms with van der Waals surface area (Å²) in [6, 6.07) is 5.40. The minimum atomic E-state index is -0.606. The second kappa shape index (κ2) is 9.36. The number of rotatable bonds is 10. The number of nitrogens with zero attached hydrogens (tertiary/aromatic N) is 2. The lowest BCUT2D eigenvalue weighted by molar-refractivity contribution is 0.00427. The van der Waals surface area contributed by atoms with Crippen LogP contribution in [0.3, 0.4) is 0 Å². The number of fused-ring (bicyclic) bond motifs is 1. The minimum absolute atomic E-state index is 0.0835. The third-order valence-corrected chi connectivity index (χ3v) is 4.75. The normalized spacial score (nSPS) is 16.4. The molecule has 1 aromatic heterocycles. The number of ether oxygens (including phenoxy) is 3. The van der Waals surface area contributed by atoms with Gasteiger partial charge in [-0.05, 0) is 38.0 Å². The second-order valence-corrected chi connectivity index (χ2v) is 7.33. The zero-order valence-corrected chi connectivity index (χ0v) is 16.8. The first-order valence-corrected chi connectivity index (χ1v) is 9.74. The molecular weight excluding hydrogens is 362 g/mol. The summed E-state index contributed by atoms with van der Waals surface area (Å²) in [5, 5.41) is 17.6. The quantitative estimate of drug-likeness (QED) is 0.638. The summed E-state index contributed by atoms with van der Waals surface area (Å²) in [6.45, 7) is 8.98. The number of aromatic nitrogens is 2. The molecule has 0 saturated heterocycles. The summed E-state index contributed by atoms with van der Waals surface area (Å²) in [6.07, 6.45) is 0.406. The molecule has 8 nitrogen and oxygen atoms in total. The van der Waals surface area contributed by atoms with Gasteiger partial charge in [0.15, 0.2) is 11.5 Å². The molecule has 0 saturated carbocycles. The van der Waals surface area contributed by atoms with E-state index in [1.807, 2.05) is 32.0 Å². The van der Waals surface area contributed by atoms with Crippen LogP contribution in [0.1, 0.15) is 46.0 Å². The van der Waals surface area contributed by atoms with Gasteiger partial charge in [0.05, 0.1) is 24.9 Å². The third-order valence-electron chi connectivity index (χ3n) is 4.75. The number of benzene rings is 1. The average Bonchev–Trinajstić information content (AvgIpc) is 3.35. The number of nitrogens with one attached hydrogen (secondary N) is 1. The molecule has 3 atom stereocenters. The van der Waals surface area contributed by atoms with Crippen LogP contribution >= 0.6 is 0 Å². The maximum atomic E-state index is 10.1. The molecule has 0 unspecified atom stereocenters. The van der Waals surface area contributed by atoms with E-state index < -0.39 is 6.10 Å². The smallest absolute Gasteiger partial charge is 0.244 e. The van der Waals surface area contributed by atoms with Gasteiger partial charge >= 0.3 is 0 Å². The van der Waals surface area contributed by atoms with Gasteiger partial charge in [-0.2, -0.15) is 4.98 Å². The first-order valence-electron chi connectivity index (χ1n) is 9.74. The van der Waals surface area contributed by atoms with Crippen molar-refractivity contribution in [1.29, 1.82) is 0 Å². The van der Waals surface area contributed by atoms with Crippen LogP contribution in [-0.4, -0.2) is 47.4 Å². The van der Waals surface area contributed by atoms with E-state index in [1.165, 1.54) is 0 Å². The molecule has 1 aliphatic heterocycles. The van der Waals surface area contributed by atoms with E-state index in [-0.39, 0.29) is 31.5 Å². The zero-order valence-electron chi connectivity index (χ0n) is 16.8. The second-order valence-electron chi connectivity index (χ2n) is 7.33. The van der Waals surface area contributed by atoms with E-state index in [1.54, 1.807) is 0 Å². The first kappa shape index (κ1) is 20.6. The molecule has 154 valence electrons. The minimum Gasteiger partial charge on any atom is -0.454 e. The van der Waals surface area contributed by atoms with Gasteiger partial charge in [0.2, 0.25) is 18.5 Å². The van der Waals surface area contributed by atoms with Gasteiger partial charge in [-0.1, -0.05) is 25.4 Å². The van der Waals surface area contributed by atoms with Crippen LogP contribution in [0.25, 0.3) is 11.4 Å². The van der Waals surface area contributed by atoms with Crippen LogP contribution in [0.4, 0.5) is 0 Å². The number of aliphatic hydroxyl groups is 1. The molecule has 0 aliphatic carbocycles. The van der Waals surface area contributed by atoms with E-state index in [9.17, 15) is 5.11 Å². The van der Waals surface area contributed by atoms with Crippen molar-refractivity contribution < 1.29 is 23.8 Å². The topological polar surface area (TPSA) is 98.9 Å².